The molecule has 0 fully saturated rings. The van der Waals surface area contributed by atoms with E-state index in [2.05, 4.69) is 4.74 Å². The predicted molar refractivity (Wildman–Crippen MR) is 65.7 cm³/mol. The number of esters is 1. The van der Waals surface area contributed by atoms with E-state index in [0.717, 1.165) is 36.8 Å². The molecule has 1 N–H and O–H groups in total. The Morgan fingerprint density at radius 1 is 1.22 bits per heavy atom. The summed E-state index contributed by atoms with van der Waals surface area (Å²) in [7, 11) is 0. The van der Waals surface area contributed by atoms with Crippen LogP contribution in [0.15, 0.2) is 12.1 Å². The van der Waals surface area contributed by atoms with Gasteiger partial charge < -0.3 is 9.84 Å². The quantitative estimate of drug-likeness (QED) is 0.505. The fourth-order valence-electron chi connectivity index (χ4n) is 2.26. The van der Waals surface area contributed by atoms with Gasteiger partial charge in [0.1, 0.15) is 5.75 Å². The lowest BCUT2D eigenvalue weighted by atomic mass is 9.89. The van der Waals surface area contributed by atoms with Crippen LogP contribution in [-0.4, -0.2) is 23.5 Å². The number of aromatic hydroxyl groups is 1. The Bertz CT molecular complexity index is 491. The third-order valence-electron chi connectivity index (χ3n) is 3.17. The molecule has 1 aliphatic rings. The van der Waals surface area contributed by atoms with E-state index in [4.69, 9.17) is 0 Å². The SMILES string of the molecule is CCOC(=O)C(=O)c1cc2c(cc1O)CCCC2. The first-order valence-electron chi connectivity index (χ1n) is 6.19. The van der Waals surface area contributed by atoms with Crippen molar-refractivity contribution < 1.29 is 19.4 Å². The fourth-order valence-corrected chi connectivity index (χ4v) is 2.26. The number of hydrogen-bond acceptors (Lipinski definition) is 4. The summed E-state index contributed by atoms with van der Waals surface area (Å²) in [5.74, 6) is -1.82. The monoisotopic (exact) mass is 248 g/mol. The molecule has 0 atom stereocenters. The Morgan fingerprint density at radius 3 is 2.44 bits per heavy atom. The van der Waals surface area contributed by atoms with Crippen LogP contribution < -0.4 is 0 Å². The Labute approximate surface area is 106 Å². The zero-order valence-electron chi connectivity index (χ0n) is 10.4. The van der Waals surface area contributed by atoms with Crippen molar-refractivity contribution in [1.82, 2.24) is 0 Å². The molecule has 96 valence electrons. The number of Topliss-reactive ketones (excluding diaryl/α,β-unsaturated/α-hetero) is 1. The molecule has 0 heterocycles. The lowest BCUT2D eigenvalue weighted by Crippen LogP contribution is -2.18. The number of hydrogen-bond donors (Lipinski definition) is 1. The zero-order valence-corrected chi connectivity index (χ0v) is 10.4. The molecule has 18 heavy (non-hydrogen) atoms. The van der Waals surface area contributed by atoms with Crippen LogP contribution in [0.2, 0.25) is 0 Å². The summed E-state index contributed by atoms with van der Waals surface area (Å²) in [6.07, 6.45) is 3.97. The largest absolute Gasteiger partial charge is 0.507 e. The Kier molecular flexibility index (Phi) is 3.65. The molecule has 0 saturated carbocycles. The number of phenolic OH excluding ortho intramolecular Hbond substituents is 1. The van der Waals surface area contributed by atoms with Crippen molar-refractivity contribution >= 4 is 11.8 Å². The molecule has 4 nitrogen and oxygen atoms in total. The second-order valence-corrected chi connectivity index (χ2v) is 4.39. The second-order valence-electron chi connectivity index (χ2n) is 4.39. The van der Waals surface area contributed by atoms with E-state index < -0.39 is 11.8 Å². The van der Waals surface area contributed by atoms with Crippen molar-refractivity contribution in [3.8, 4) is 5.75 Å². The van der Waals surface area contributed by atoms with Gasteiger partial charge in [0.05, 0.1) is 12.2 Å². The van der Waals surface area contributed by atoms with Crippen molar-refractivity contribution in [2.24, 2.45) is 0 Å². The van der Waals surface area contributed by atoms with E-state index >= 15 is 0 Å². The number of rotatable bonds is 3. The van der Waals surface area contributed by atoms with Gasteiger partial charge >= 0.3 is 5.97 Å². The topological polar surface area (TPSA) is 63.6 Å². The molecule has 0 amide bonds. The highest BCUT2D eigenvalue weighted by Crippen LogP contribution is 2.28. The van der Waals surface area contributed by atoms with Gasteiger partial charge in [-0.05, 0) is 55.9 Å². The molecule has 2 rings (SSSR count). The molecule has 4 heteroatoms. The first-order chi connectivity index (χ1) is 8.63. The van der Waals surface area contributed by atoms with Crippen LogP contribution in [0.4, 0.5) is 0 Å². The van der Waals surface area contributed by atoms with E-state index in [9.17, 15) is 14.7 Å². The molecule has 0 aliphatic heterocycles. The number of ketones is 1. The van der Waals surface area contributed by atoms with Crippen LogP contribution in [0.25, 0.3) is 0 Å². The minimum atomic E-state index is -0.913. The van der Waals surface area contributed by atoms with E-state index in [0.29, 0.717) is 0 Å². The number of aryl methyl sites for hydroxylation is 2. The molecule has 0 saturated heterocycles. The Morgan fingerprint density at radius 2 is 1.83 bits per heavy atom. The predicted octanol–water partition coefficient (Wildman–Crippen LogP) is 2.02. The van der Waals surface area contributed by atoms with E-state index in [1.807, 2.05) is 0 Å². The summed E-state index contributed by atoms with van der Waals surface area (Å²) >= 11 is 0. The standard InChI is InChI=1S/C14H16O4/c1-2-18-14(17)13(16)11-7-9-5-3-4-6-10(9)8-12(11)15/h7-8,15H,2-6H2,1H3. The van der Waals surface area contributed by atoms with Gasteiger partial charge in [-0.2, -0.15) is 0 Å². The van der Waals surface area contributed by atoms with Crippen molar-refractivity contribution in [2.75, 3.05) is 6.61 Å². The van der Waals surface area contributed by atoms with Crippen LogP contribution in [0, 0.1) is 0 Å². The maximum atomic E-state index is 11.8. The third kappa shape index (κ3) is 2.37. The molecule has 1 aromatic rings. The van der Waals surface area contributed by atoms with Gasteiger partial charge in [0.15, 0.2) is 0 Å². The first kappa shape index (κ1) is 12.6. The molecule has 1 aromatic carbocycles. The van der Waals surface area contributed by atoms with E-state index in [-0.39, 0.29) is 17.9 Å². The number of benzene rings is 1. The van der Waals surface area contributed by atoms with Crippen molar-refractivity contribution in [3.63, 3.8) is 0 Å². The number of ether oxygens (including phenoxy) is 1. The maximum Gasteiger partial charge on any atom is 0.379 e. The molecule has 0 spiro atoms. The second kappa shape index (κ2) is 5.21. The molecule has 0 bridgehead atoms. The minimum absolute atomic E-state index is 0.0501. The normalized spacial score (nSPS) is 13.8. The number of phenols is 1. The minimum Gasteiger partial charge on any atom is -0.507 e. The van der Waals surface area contributed by atoms with Crippen molar-refractivity contribution in [2.45, 2.75) is 32.6 Å². The highest BCUT2D eigenvalue weighted by atomic mass is 16.5. The summed E-state index contributed by atoms with van der Waals surface area (Å²) in [6.45, 7) is 1.79. The van der Waals surface area contributed by atoms with Crippen LogP contribution in [0.5, 0.6) is 5.75 Å². The van der Waals surface area contributed by atoms with Crippen LogP contribution >= 0.6 is 0 Å². The van der Waals surface area contributed by atoms with Gasteiger partial charge in [-0.25, -0.2) is 4.79 Å². The van der Waals surface area contributed by atoms with Gasteiger partial charge in [-0.15, -0.1) is 0 Å². The average molecular weight is 248 g/mol. The van der Waals surface area contributed by atoms with Crippen LogP contribution in [0.1, 0.15) is 41.3 Å². The van der Waals surface area contributed by atoms with Gasteiger partial charge in [0.2, 0.25) is 0 Å². The Balaban J connectivity index is 2.33. The lowest BCUT2D eigenvalue weighted by molar-refractivity contribution is -0.137. The van der Waals surface area contributed by atoms with Crippen LogP contribution in [-0.2, 0) is 22.4 Å². The number of carbonyl (C=O) groups excluding carboxylic acids is 2. The maximum absolute atomic E-state index is 11.8. The summed E-state index contributed by atoms with van der Waals surface area (Å²) < 4.78 is 4.66. The summed E-state index contributed by atoms with van der Waals surface area (Å²) in [5, 5.41) is 9.83. The summed E-state index contributed by atoms with van der Waals surface area (Å²) in [6, 6.07) is 3.23. The van der Waals surface area contributed by atoms with E-state index in [1.165, 1.54) is 0 Å². The third-order valence-corrected chi connectivity index (χ3v) is 3.17. The Hall–Kier alpha value is -1.84. The number of carbonyl (C=O) groups is 2. The number of fused-ring (bicyclic) bond motifs is 1. The summed E-state index contributed by atoms with van der Waals surface area (Å²) in [4.78, 5) is 23.2. The molecular formula is C14H16O4. The average Bonchev–Trinajstić information content (AvgIpc) is 2.37. The van der Waals surface area contributed by atoms with Gasteiger partial charge in [0, 0.05) is 0 Å². The van der Waals surface area contributed by atoms with Crippen molar-refractivity contribution in [3.05, 3.63) is 28.8 Å². The first-order valence-corrected chi connectivity index (χ1v) is 6.19. The fraction of sp³-hybridized carbons (Fsp3) is 0.429. The smallest absolute Gasteiger partial charge is 0.379 e. The van der Waals surface area contributed by atoms with E-state index in [1.54, 1.807) is 19.1 Å². The van der Waals surface area contributed by atoms with Crippen LogP contribution in [0.3, 0.4) is 0 Å². The van der Waals surface area contributed by atoms with Crippen molar-refractivity contribution in [1.29, 1.82) is 0 Å². The lowest BCUT2D eigenvalue weighted by Gasteiger charge is -2.17. The zero-order chi connectivity index (χ0) is 13.1. The highest BCUT2D eigenvalue weighted by Gasteiger charge is 2.23. The molecule has 0 aromatic heterocycles. The molecule has 0 radical (unpaired) electrons. The molecule has 0 unspecified atom stereocenters. The molecular weight excluding hydrogens is 232 g/mol. The highest BCUT2D eigenvalue weighted by molar-refractivity contribution is 6.41. The van der Waals surface area contributed by atoms with Gasteiger partial charge in [-0.3, -0.25) is 4.79 Å². The van der Waals surface area contributed by atoms with Gasteiger partial charge in [0.25, 0.3) is 5.78 Å². The molecule has 1 aliphatic carbocycles. The van der Waals surface area contributed by atoms with Gasteiger partial charge in [-0.1, -0.05) is 0 Å². The summed E-state index contributed by atoms with van der Waals surface area (Å²) in [5.41, 5.74) is 2.17.